The number of nitrogens with one attached hydrogen (secondary N) is 1. The Morgan fingerprint density at radius 3 is 2.76 bits per heavy atom. The third-order valence-electron chi connectivity index (χ3n) is 5.44. The first-order valence-electron chi connectivity index (χ1n) is 8.17. The van der Waals surface area contributed by atoms with E-state index < -0.39 is 0 Å². The number of aryl methyl sites for hydroxylation is 1. The predicted molar refractivity (Wildman–Crippen MR) is 92.5 cm³/mol. The van der Waals surface area contributed by atoms with Crippen molar-refractivity contribution in [3.8, 4) is 0 Å². The number of rotatable bonds is 3. The summed E-state index contributed by atoms with van der Waals surface area (Å²) in [4.78, 5) is 0. The fraction of sp³-hybridized carbons (Fsp3) is 0.667. The maximum Gasteiger partial charge on any atom is 0.0350 e. The van der Waals surface area contributed by atoms with Gasteiger partial charge in [-0.1, -0.05) is 35.8 Å². The van der Waals surface area contributed by atoms with Gasteiger partial charge in [-0.15, -0.1) is 0 Å². The number of nitrogens with two attached hydrogens (primary N) is 1. The molecule has 2 aliphatic carbocycles. The zero-order chi connectivity index (χ0) is 15.1. The molecule has 2 aliphatic rings. The van der Waals surface area contributed by atoms with E-state index in [2.05, 4.69) is 53.3 Å². The Hall–Kier alpha value is -0.380. The highest BCUT2D eigenvalue weighted by Gasteiger charge is 2.38. The van der Waals surface area contributed by atoms with Crippen LogP contribution in [-0.4, -0.2) is 18.1 Å². The highest BCUT2D eigenvalue weighted by Crippen LogP contribution is 2.39. The molecule has 1 aromatic carbocycles. The van der Waals surface area contributed by atoms with Crippen molar-refractivity contribution in [1.29, 1.82) is 0 Å². The second-order valence-electron chi connectivity index (χ2n) is 7.82. The van der Waals surface area contributed by atoms with Gasteiger partial charge in [0.1, 0.15) is 0 Å². The molecule has 21 heavy (non-hydrogen) atoms. The summed E-state index contributed by atoms with van der Waals surface area (Å²) in [6.07, 6.45) is 7.26. The minimum Gasteiger partial charge on any atom is -0.329 e. The molecule has 3 heteroatoms. The highest BCUT2D eigenvalue weighted by atomic mass is 79.9. The van der Waals surface area contributed by atoms with Crippen LogP contribution in [0.5, 0.6) is 0 Å². The average Bonchev–Trinajstić information content (AvgIpc) is 2.78. The Bertz CT molecular complexity index is 526. The van der Waals surface area contributed by atoms with Crippen LogP contribution in [0, 0.1) is 5.41 Å². The van der Waals surface area contributed by atoms with Gasteiger partial charge < -0.3 is 11.1 Å². The van der Waals surface area contributed by atoms with Gasteiger partial charge in [-0.25, -0.2) is 0 Å². The van der Waals surface area contributed by atoms with Crippen LogP contribution in [0.1, 0.15) is 50.7 Å². The number of benzene rings is 1. The van der Waals surface area contributed by atoms with Crippen molar-refractivity contribution in [3.05, 3.63) is 33.8 Å². The Balaban J connectivity index is 1.75. The Labute approximate surface area is 137 Å². The van der Waals surface area contributed by atoms with Crippen molar-refractivity contribution in [1.82, 2.24) is 5.32 Å². The van der Waals surface area contributed by atoms with E-state index >= 15 is 0 Å². The Kier molecular flexibility index (Phi) is 4.19. The molecule has 3 rings (SSSR count). The van der Waals surface area contributed by atoms with E-state index in [1.807, 2.05) is 0 Å². The monoisotopic (exact) mass is 350 g/mol. The summed E-state index contributed by atoms with van der Waals surface area (Å²) in [5.41, 5.74) is 9.75. The topological polar surface area (TPSA) is 38.0 Å². The van der Waals surface area contributed by atoms with Crippen LogP contribution in [0.2, 0.25) is 0 Å². The summed E-state index contributed by atoms with van der Waals surface area (Å²) in [6, 6.07) is 7.34. The van der Waals surface area contributed by atoms with Crippen LogP contribution in [0.4, 0.5) is 0 Å². The first kappa shape index (κ1) is 15.5. The molecule has 1 aromatic rings. The van der Waals surface area contributed by atoms with E-state index in [0.29, 0.717) is 11.5 Å². The normalized spacial score (nSPS) is 31.1. The lowest BCUT2D eigenvalue weighted by atomic mass is 9.77. The Morgan fingerprint density at radius 2 is 2.10 bits per heavy atom. The van der Waals surface area contributed by atoms with Crippen molar-refractivity contribution in [2.75, 3.05) is 6.54 Å². The van der Waals surface area contributed by atoms with Gasteiger partial charge in [0.2, 0.25) is 0 Å². The van der Waals surface area contributed by atoms with Crippen molar-refractivity contribution in [2.24, 2.45) is 11.1 Å². The van der Waals surface area contributed by atoms with Gasteiger partial charge in [0.25, 0.3) is 0 Å². The minimum absolute atomic E-state index is 0.103. The van der Waals surface area contributed by atoms with Crippen LogP contribution in [0.3, 0.4) is 0 Å². The molecule has 0 saturated heterocycles. The van der Waals surface area contributed by atoms with Crippen molar-refractivity contribution in [2.45, 2.75) is 64.0 Å². The van der Waals surface area contributed by atoms with Crippen molar-refractivity contribution >= 4 is 15.9 Å². The second-order valence-corrected chi connectivity index (χ2v) is 8.74. The largest absolute Gasteiger partial charge is 0.329 e. The standard InChI is InChI=1S/C18H27BrN2/c1-17(2)7-6-16(11-17)21-18(12-20)8-5-13-9-15(19)4-3-14(13)10-18/h3-4,9,16,21H,5-8,10-12,20H2,1-2H3. The first-order valence-corrected chi connectivity index (χ1v) is 8.96. The maximum atomic E-state index is 6.20. The van der Waals surface area contributed by atoms with Gasteiger partial charge in [-0.3, -0.25) is 0 Å². The number of fused-ring (bicyclic) bond motifs is 1. The van der Waals surface area contributed by atoms with E-state index in [4.69, 9.17) is 5.73 Å². The van der Waals surface area contributed by atoms with Crippen molar-refractivity contribution < 1.29 is 0 Å². The van der Waals surface area contributed by atoms with E-state index in [1.165, 1.54) is 34.9 Å². The van der Waals surface area contributed by atoms with Gasteiger partial charge in [0.15, 0.2) is 0 Å². The molecule has 3 N–H and O–H groups in total. The molecule has 0 amide bonds. The fourth-order valence-corrected chi connectivity index (χ4v) is 4.58. The third kappa shape index (κ3) is 3.35. The van der Waals surface area contributed by atoms with E-state index in [9.17, 15) is 0 Å². The molecule has 116 valence electrons. The SMILES string of the molecule is CC1(C)CCC(NC2(CN)CCc3cc(Br)ccc3C2)C1. The van der Waals surface area contributed by atoms with Gasteiger partial charge in [0.05, 0.1) is 0 Å². The molecule has 0 spiro atoms. The van der Waals surface area contributed by atoms with Gasteiger partial charge >= 0.3 is 0 Å². The molecule has 2 atom stereocenters. The smallest absolute Gasteiger partial charge is 0.0350 e. The molecule has 0 radical (unpaired) electrons. The number of halogens is 1. The van der Waals surface area contributed by atoms with Gasteiger partial charge in [-0.2, -0.15) is 0 Å². The van der Waals surface area contributed by atoms with Crippen molar-refractivity contribution in [3.63, 3.8) is 0 Å². The Morgan fingerprint density at radius 1 is 1.29 bits per heavy atom. The van der Waals surface area contributed by atoms with Crippen LogP contribution in [-0.2, 0) is 12.8 Å². The number of hydrogen-bond donors (Lipinski definition) is 2. The first-order chi connectivity index (χ1) is 9.91. The summed E-state index contributed by atoms with van der Waals surface area (Å²) < 4.78 is 1.19. The van der Waals surface area contributed by atoms with Crippen LogP contribution in [0.15, 0.2) is 22.7 Å². The van der Waals surface area contributed by atoms with E-state index in [1.54, 1.807) is 0 Å². The average molecular weight is 351 g/mol. The zero-order valence-corrected chi connectivity index (χ0v) is 14.8. The lowest BCUT2D eigenvalue weighted by Gasteiger charge is -2.41. The van der Waals surface area contributed by atoms with Crippen LogP contribution in [0.25, 0.3) is 0 Å². The molecule has 0 heterocycles. The lowest BCUT2D eigenvalue weighted by Crippen LogP contribution is -2.57. The summed E-state index contributed by atoms with van der Waals surface area (Å²) in [7, 11) is 0. The van der Waals surface area contributed by atoms with E-state index in [-0.39, 0.29) is 5.54 Å². The second kappa shape index (κ2) is 5.68. The summed E-state index contributed by atoms with van der Waals surface area (Å²) >= 11 is 3.58. The van der Waals surface area contributed by atoms with Gasteiger partial charge in [-0.05, 0) is 67.2 Å². The minimum atomic E-state index is 0.103. The molecule has 0 aromatic heterocycles. The fourth-order valence-electron chi connectivity index (χ4n) is 4.18. The quantitative estimate of drug-likeness (QED) is 0.869. The zero-order valence-electron chi connectivity index (χ0n) is 13.2. The molecule has 2 nitrogen and oxygen atoms in total. The lowest BCUT2D eigenvalue weighted by molar-refractivity contribution is 0.249. The van der Waals surface area contributed by atoms with Crippen LogP contribution < -0.4 is 11.1 Å². The molecule has 1 fully saturated rings. The maximum absolute atomic E-state index is 6.20. The molecule has 1 saturated carbocycles. The molecule has 2 unspecified atom stereocenters. The summed E-state index contributed by atoms with van der Waals surface area (Å²) in [5.74, 6) is 0. The van der Waals surface area contributed by atoms with E-state index in [0.717, 1.165) is 25.8 Å². The number of hydrogen-bond acceptors (Lipinski definition) is 2. The molecular formula is C18H27BrN2. The molecule has 0 bridgehead atoms. The van der Waals surface area contributed by atoms with Crippen LogP contribution >= 0.6 is 15.9 Å². The third-order valence-corrected chi connectivity index (χ3v) is 5.93. The molecule has 0 aliphatic heterocycles. The molecular weight excluding hydrogens is 324 g/mol. The predicted octanol–water partition coefficient (Wildman–Crippen LogP) is 3.80. The van der Waals surface area contributed by atoms with Gasteiger partial charge in [0, 0.05) is 22.6 Å². The summed E-state index contributed by atoms with van der Waals surface area (Å²) in [6.45, 7) is 5.51. The summed E-state index contributed by atoms with van der Waals surface area (Å²) in [5, 5.41) is 3.96. The highest BCUT2D eigenvalue weighted by molar-refractivity contribution is 9.10.